The molecule has 1 aromatic rings. The first kappa shape index (κ1) is 11.3. The Morgan fingerprint density at radius 3 is 2.57 bits per heavy atom. The van der Waals surface area contributed by atoms with E-state index < -0.39 is 5.82 Å². The van der Waals surface area contributed by atoms with E-state index in [4.69, 9.17) is 22.1 Å². The summed E-state index contributed by atoms with van der Waals surface area (Å²) in [5, 5.41) is 0.0887. The lowest BCUT2D eigenvalue weighted by Gasteiger charge is -2.17. The Balaban J connectivity index is 2.73. The van der Waals surface area contributed by atoms with Crippen LogP contribution in [0.25, 0.3) is 0 Å². The average Bonchev–Trinajstić information content (AvgIpc) is 2.11. The molecule has 0 bridgehead atoms. The molecule has 78 valence electrons. The summed E-state index contributed by atoms with van der Waals surface area (Å²) in [4.78, 5) is 0. The number of halogens is 2. The molecule has 1 unspecified atom stereocenters. The standard InChI is InChI=1S/C10H13ClFNO/c1-6(13)7(2)14-8-3-4-9(11)10(12)5-8/h3-7H,13H2,1-2H3/t6-,7?/m1/s1. The highest BCUT2D eigenvalue weighted by atomic mass is 35.5. The first-order valence-electron chi connectivity index (χ1n) is 4.38. The number of hydrogen-bond acceptors (Lipinski definition) is 2. The summed E-state index contributed by atoms with van der Waals surface area (Å²) in [5.74, 6) is -0.0438. The molecule has 1 aromatic carbocycles. The molecule has 2 nitrogen and oxygen atoms in total. The van der Waals surface area contributed by atoms with Gasteiger partial charge in [-0.25, -0.2) is 4.39 Å². The molecule has 2 N–H and O–H groups in total. The summed E-state index contributed by atoms with van der Waals surface area (Å²) >= 11 is 5.52. The highest BCUT2D eigenvalue weighted by Gasteiger charge is 2.10. The van der Waals surface area contributed by atoms with Gasteiger partial charge in [-0.3, -0.25) is 0 Å². The zero-order valence-corrected chi connectivity index (χ0v) is 8.88. The van der Waals surface area contributed by atoms with Crippen molar-refractivity contribution in [3.05, 3.63) is 29.0 Å². The topological polar surface area (TPSA) is 35.2 Å². The molecule has 0 spiro atoms. The number of nitrogens with two attached hydrogens (primary N) is 1. The second kappa shape index (κ2) is 4.62. The third-order valence-electron chi connectivity index (χ3n) is 1.95. The highest BCUT2D eigenvalue weighted by molar-refractivity contribution is 6.30. The molecule has 0 aliphatic heterocycles. The van der Waals surface area contributed by atoms with Crippen LogP contribution in [0.1, 0.15) is 13.8 Å². The fourth-order valence-corrected chi connectivity index (χ4v) is 0.990. The van der Waals surface area contributed by atoms with Gasteiger partial charge in [-0.15, -0.1) is 0 Å². The molecule has 0 aliphatic rings. The van der Waals surface area contributed by atoms with Gasteiger partial charge in [0.1, 0.15) is 17.7 Å². The van der Waals surface area contributed by atoms with Gasteiger partial charge in [0.2, 0.25) is 0 Å². The SMILES string of the molecule is CC(Oc1ccc(Cl)c(F)c1)[C@@H](C)N. The van der Waals surface area contributed by atoms with Gasteiger partial charge in [-0.2, -0.15) is 0 Å². The molecule has 0 saturated heterocycles. The van der Waals surface area contributed by atoms with Crippen molar-refractivity contribution >= 4 is 11.6 Å². The first-order chi connectivity index (χ1) is 6.50. The maximum Gasteiger partial charge on any atom is 0.145 e. The zero-order chi connectivity index (χ0) is 10.7. The molecule has 0 heterocycles. The van der Waals surface area contributed by atoms with Crippen molar-refractivity contribution in [3.63, 3.8) is 0 Å². The van der Waals surface area contributed by atoms with Crippen molar-refractivity contribution in [3.8, 4) is 5.75 Å². The number of ether oxygens (including phenoxy) is 1. The minimum atomic E-state index is -0.485. The molecule has 4 heteroatoms. The van der Waals surface area contributed by atoms with Crippen LogP contribution < -0.4 is 10.5 Å². The molecule has 0 amide bonds. The second-order valence-electron chi connectivity index (χ2n) is 3.26. The lowest BCUT2D eigenvalue weighted by atomic mass is 10.2. The maximum absolute atomic E-state index is 13.0. The Bertz CT molecular complexity index is 317. The molecular weight excluding hydrogens is 205 g/mol. The second-order valence-corrected chi connectivity index (χ2v) is 3.67. The van der Waals surface area contributed by atoms with Crippen LogP contribution in [-0.4, -0.2) is 12.1 Å². The molecule has 0 fully saturated rings. The Morgan fingerprint density at radius 1 is 1.43 bits per heavy atom. The molecule has 0 aromatic heterocycles. The summed E-state index contributed by atoms with van der Waals surface area (Å²) in [6, 6.07) is 4.22. The van der Waals surface area contributed by atoms with Gasteiger partial charge in [0, 0.05) is 12.1 Å². The molecular formula is C10H13ClFNO. The number of benzene rings is 1. The predicted octanol–water partition coefficient (Wildman–Crippen LogP) is 2.59. The van der Waals surface area contributed by atoms with E-state index in [2.05, 4.69) is 0 Å². The third-order valence-corrected chi connectivity index (χ3v) is 2.26. The largest absolute Gasteiger partial charge is 0.489 e. The van der Waals surface area contributed by atoms with Crippen molar-refractivity contribution in [2.45, 2.75) is 26.0 Å². The normalized spacial score (nSPS) is 14.9. The molecule has 0 saturated carbocycles. The molecule has 0 radical (unpaired) electrons. The monoisotopic (exact) mass is 217 g/mol. The van der Waals surface area contributed by atoms with Crippen LogP contribution in [0.15, 0.2) is 18.2 Å². The smallest absolute Gasteiger partial charge is 0.145 e. The fourth-order valence-electron chi connectivity index (χ4n) is 0.872. The van der Waals surface area contributed by atoms with Crippen LogP contribution in [-0.2, 0) is 0 Å². The summed E-state index contributed by atoms with van der Waals surface area (Å²) < 4.78 is 18.4. The summed E-state index contributed by atoms with van der Waals surface area (Å²) in [6.45, 7) is 3.66. The van der Waals surface area contributed by atoms with E-state index in [1.165, 1.54) is 12.1 Å². The fraction of sp³-hybridized carbons (Fsp3) is 0.400. The Labute approximate surface area is 87.8 Å². The Morgan fingerprint density at radius 2 is 2.07 bits per heavy atom. The molecule has 0 aliphatic carbocycles. The lowest BCUT2D eigenvalue weighted by molar-refractivity contribution is 0.196. The van der Waals surface area contributed by atoms with Crippen LogP contribution in [0.5, 0.6) is 5.75 Å². The van der Waals surface area contributed by atoms with Crippen molar-refractivity contribution in [1.29, 1.82) is 0 Å². The van der Waals surface area contributed by atoms with Crippen LogP contribution in [0.4, 0.5) is 4.39 Å². The molecule has 1 rings (SSSR count). The van der Waals surface area contributed by atoms with Crippen LogP contribution in [0.2, 0.25) is 5.02 Å². The summed E-state index contributed by atoms with van der Waals surface area (Å²) in [6.07, 6.45) is -0.157. The average molecular weight is 218 g/mol. The van der Waals surface area contributed by atoms with Gasteiger partial charge >= 0.3 is 0 Å². The number of hydrogen-bond donors (Lipinski definition) is 1. The van der Waals surface area contributed by atoms with Gasteiger partial charge in [0.05, 0.1) is 5.02 Å². The van der Waals surface area contributed by atoms with E-state index in [1.807, 2.05) is 13.8 Å². The minimum Gasteiger partial charge on any atom is -0.489 e. The van der Waals surface area contributed by atoms with Crippen molar-refractivity contribution < 1.29 is 9.13 Å². The van der Waals surface area contributed by atoms with Gasteiger partial charge in [-0.05, 0) is 26.0 Å². The van der Waals surface area contributed by atoms with Crippen LogP contribution >= 0.6 is 11.6 Å². The van der Waals surface area contributed by atoms with Crippen LogP contribution in [0.3, 0.4) is 0 Å². The number of rotatable bonds is 3. The minimum absolute atomic E-state index is 0.0887. The molecule has 2 atom stereocenters. The Hall–Kier alpha value is -0.800. The van der Waals surface area contributed by atoms with Gasteiger partial charge in [-0.1, -0.05) is 11.6 Å². The van der Waals surface area contributed by atoms with E-state index >= 15 is 0 Å². The summed E-state index contributed by atoms with van der Waals surface area (Å²) in [5.41, 5.74) is 5.61. The van der Waals surface area contributed by atoms with Gasteiger partial charge in [0.25, 0.3) is 0 Å². The van der Waals surface area contributed by atoms with E-state index in [1.54, 1.807) is 6.07 Å². The highest BCUT2D eigenvalue weighted by Crippen LogP contribution is 2.21. The Kier molecular flexibility index (Phi) is 3.72. The van der Waals surface area contributed by atoms with E-state index in [0.717, 1.165) is 0 Å². The van der Waals surface area contributed by atoms with Crippen molar-refractivity contribution in [2.75, 3.05) is 0 Å². The van der Waals surface area contributed by atoms with E-state index in [-0.39, 0.29) is 17.2 Å². The van der Waals surface area contributed by atoms with Crippen molar-refractivity contribution in [2.24, 2.45) is 5.73 Å². The zero-order valence-electron chi connectivity index (χ0n) is 8.13. The van der Waals surface area contributed by atoms with Gasteiger partial charge in [0.15, 0.2) is 0 Å². The third kappa shape index (κ3) is 2.86. The van der Waals surface area contributed by atoms with E-state index in [9.17, 15) is 4.39 Å². The van der Waals surface area contributed by atoms with E-state index in [0.29, 0.717) is 5.75 Å². The van der Waals surface area contributed by atoms with Crippen molar-refractivity contribution in [1.82, 2.24) is 0 Å². The van der Waals surface area contributed by atoms with Crippen LogP contribution in [0, 0.1) is 5.82 Å². The van der Waals surface area contributed by atoms with Gasteiger partial charge < -0.3 is 10.5 Å². The molecule has 14 heavy (non-hydrogen) atoms. The first-order valence-corrected chi connectivity index (χ1v) is 4.76. The maximum atomic E-state index is 13.0. The quantitative estimate of drug-likeness (QED) is 0.845. The lowest BCUT2D eigenvalue weighted by Crippen LogP contribution is -2.33. The predicted molar refractivity (Wildman–Crippen MR) is 55.1 cm³/mol. The summed E-state index contributed by atoms with van der Waals surface area (Å²) in [7, 11) is 0.